The minimum atomic E-state index is -3.57. The van der Waals surface area contributed by atoms with Gasteiger partial charge < -0.3 is 4.90 Å². The highest BCUT2D eigenvalue weighted by Gasteiger charge is 2.31. The molecular formula is C18H20N2O3S. The van der Waals surface area contributed by atoms with Crippen LogP contribution in [0.1, 0.15) is 22.8 Å². The number of amides is 1. The number of anilines is 1. The van der Waals surface area contributed by atoms with Gasteiger partial charge in [-0.3, -0.25) is 4.79 Å². The van der Waals surface area contributed by atoms with E-state index in [1.807, 2.05) is 31.2 Å². The Morgan fingerprint density at radius 1 is 1.12 bits per heavy atom. The van der Waals surface area contributed by atoms with Crippen LogP contribution in [0.15, 0.2) is 53.4 Å². The number of rotatable bonds is 3. The van der Waals surface area contributed by atoms with Gasteiger partial charge in [0.05, 0.1) is 4.90 Å². The van der Waals surface area contributed by atoms with Crippen LogP contribution in [0.2, 0.25) is 0 Å². The first-order valence-electron chi connectivity index (χ1n) is 7.76. The molecule has 126 valence electrons. The third-order valence-electron chi connectivity index (χ3n) is 4.29. The zero-order valence-electron chi connectivity index (χ0n) is 13.9. The molecular weight excluding hydrogens is 324 g/mol. The summed E-state index contributed by atoms with van der Waals surface area (Å²) in [6.45, 7) is 2.00. The Hall–Kier alpha value is -2.18. The highest BCUT2D eigenvalue weighted by Crippen LogP contribution is 2.33. The maximum atomic E-state index is 13.0. The number of hydrogen-bond donors (Lipinski definition) is 0. The number of benzene rings is 2. The molecule has 0 fully saturated rings. The van der Waals surface area contributed by atoms with E-state index in [1.54, 1.807) is 17.0 Å². The fourth-order valence-corrected chi connectivity index (χ4v) is 3.96. The summed E-state index contributed by atoms with van der Waals surface area (Å²) < 4.78 is 25.7. The van der Waals surface area contributed by atoms with Crippen LogP contribution in [-0.4, -0.2) is 38.8 Å². The van der Waals surface area contributed by atoms with Crippen molar-refractivity contribution in [2.45, 2.75) is 24.3 Å². The molecule has 0 N–H and O–H groups in total. The highest BCUT2D eigenvalue weighted by molar-refractivity contribution is 7.89. The lowest BCUT2D eigenvalue weighted by Gasteiger charge is -2.23. The quantitative estimate of drug-likeness (QED) is 0.860. The summed E-state index contributed by atoms with van der Waals surface area (Å²) in [5.74, 6) is -0.178. The second kappa shape index (κ2) is 6.03. The van der Waals surface area contributed by atoms with Crippen LogP contribution in [-0.2, 0) is 16.4 Å². The highest BCUT2D eigenvalue weighted by atomic mass is 32.2. The van der Waals surface area contributed by atoms with Gasteiger partial charge in [-0.15, -0.1) is 0 Å². The average Bonchev–Trinajstić information content (AvgIpc) is 2.90. The standard InChI is InChI=1S/C18H20N2O3S/c1-13-11-14-7-4-5-10-17(14)20(13)18(21)15-8-6-9-16(12-15)24(22,23)19(2)3/h4-10,12-13H,11H2,1-3H3/t13-/m0/s1. The SMILES string of the molecule is C[C@H]1Cc2ccccc2N1C(=O)c1cccc(S(=O)(=O)N(C)C)c1. The van der Waals surface area contributed by atoms with Crippen molar-refractivity contribution in [1.82, 2.24) is 4.31 Å². The van der Waals surface area contributed by atoms with Crippen molar-refractivity contribution in [2.24, 2.45) is 0 Å². The van der Waals surface area contributed by atoms with Gasteiger partial charge in [-0.2, -0.15) is 0 Å². The number of para-hydroxylation sites is 1. The first-order valence-corrected chi connectivity index (χ1v) is 9.20. The lowest BCUT2D eigenvalue weighted by molar-refractivity contribution is 0.0981. The Balaban J connectivity index is 2.00. The molecule has 2 aromatic rings. The number of fused-ring (bicyclic) bond motifs is 1. The average molecular weight is 344 g/mol. The summed E-state index contributed by atoms with van der Waals surface area (Å²) in [6, 6.07) is 14.1. The van der Waals surface area contributed by atoms with Gasteiger partial charge >= 0.3 is 0 Å². The number of nitrogens with zero attached hydrogens (tertiary/aromatic N) is 2. The normalized spacial score (nSPS) is 17.2. The maximum absolute atomic E-state index is 13.0. The van der Waals surface area contributed by atoms with Crippen molar-refractivity contribution < 1.29 is 13.2 Å². The molecule has 0 unspecified atom stereocenters. The number of sulfonamides is 1. The molecule has 0 saturated heterocycles. The molecule has 0 bridgehead atoms. The first-order chi connectivity index (χ1) is 11.3. The van der Waals surface area contributed by atoms with Crippen LogP contribution in [0.4, 0.5) is 5.69 Å². The van der Waals surface area contributed by atoms with E-state index in [0.717, 1.165) is 22.0 Å². The van der Waals surface area contributed by atoms with Gasteiger partial charge in [0, 0.05) is 31.4 Å². The molecule has 6 heteroatoms. The summed E-state index contributed by atoms with van der Waals surface area (Å²) in [6.07, 6.45) is 0.803. The van der Waals surface area contributed by atoms with Gasteiger partial charge in [-0.1, -0.05) is 24.3 Å². The number of hydrogen-bond acceptors (Lipinski definition) is 3. The van der Waals surface area contributed by atoms with Gasteiger partial charge in [0.1, 0.15) is 0 Å². The Kier molecular flexibility index (Phi) is 4.19. The topological polar surface area (TPSA) is 57.7 Å². The second-order valence-electron chi connectivity index (χ2n) is 6.17. The van der Waals surface area contributed by atoms with Gasteiger partial charge in [0.2, 0.25) is 10.0 Å². The Bertz CT molecular complexity index is 891. The van der Waals surface area contributed by atoms with Crippen molar-refractivity contribution in [3.8, 4) is 0 Å². The van der Waals surface area contributed by atoms with Crippen LogP contribution in [0.5, 0.6) is 0 Å². The summed E-state index contributed by atoms with van der Waals surface area (Å²) >= 11 is 0. The van der Waals surface area contributed by atoms with Crippen molar-refractivity contribution in [3.05, 3.63) is 59.7 Å². The minimum Gasteiger partial charge on any atom is -0.305 e. The van der Waals surface area contributed by atoms with E-state index in [-0.39, 0.29) is 16.8 Å². The maximum Gasteiger partial charge on any atom is 0.258 e. The molecule has 1 aliphatic rings. The molecule has 0 aliphatic carbocycles. The Labute approximate surface area is 142 Å². The molecule has 24 heavy (non-hydrogen) atoms. The van der Waals surface area contributed by atoms with Crippen LogP contribution in [0.3, 0.4) is 0 Å². The van der Waals surface area contributed by atoms with Gasteiger partial charge in [0.25, 0.3) is 5.91 Å². The van der Waals surface area contributed by atoms with Crippen molar-refractivity contribution >= 4 is 21.6 Å². The number of carbonyl (C=O) groups is 1. The van der Waals surface area contributed by atoms with E-state index in [9.17, 15) is 13.2 Å². The third kappa shape index (κ3) is 2.72. The molecule has 5 nitrogen and oxygen atoms in total. The fraction of sp³-hybridized carbons (Fsp3) is 0.278. The zero-order valence-corrected chi connectivity index (χ0v) is 14.7. The predicted octanol–water partition coefficient (Wildman–Crippen LogP) is 2.53. The summed E-state index contributed by atoms with van der Waals surface area (Å²) in [5, 5.41) is 0. The van der Waals surface area contributed by atoms with Crippen LogP contribution < -0.4 is 4.90 Å². The minimum absolute atomic E-state index is 0.0454. The largest absolute Gasteiger partial charge is 0.305 e. The summed E-state index contributed by atoms with van der Waals surface area (Å²) in [5.41, 5.74) is 2.41. The molecule has 3 rings (SSSR count). The third-order valence-corrected chi connectivity index (χ3v) is 6.10. The van der Waals surface area contributed by atoms with Gasteiger partial charge in [0.15, 0.2) is 0 Å². The van der Waals surface area contributed by atoms with E-state index in [1.165, 1.54) is 26.2 Å². The molecule has 0 radical (unpaired) electrons. The smallest absolute Gasteiger partial charge is 0.258 e. The molecule has 0 spiro atoms. The second-order valence-corrected chi connectivity index (χ2v) is 8.32. The molecule has 1 amide bonds. The molecule has 1 atom stereocenters. The Morgan fingerprint density at radius 2 is 1.83 bits per heavy atom. The molecule has 1 aliphatic heterocycles. The lowest BCUT2D eigenvalue weighted by atomic mass is 10.1. The lowest BCUT2D eigenvalue weighted by Crippen LogP contribution is -2.35. The molecule has 1 heterocycles. The molecule has 0 aromatic heterocycles. The van der Waals surface area contributed by atoms with Gasteiger partial charge in [-0.25, -0.2) is 12.7 Å². The predicted molar refractivity (Wildman–Crippen MR) is 93.7 cm³/mol. The van der Waals surface area contributed by atoms with E-state index in [2.05, 4.69) is 0 Å². The summed E-state index contributed by atoms with van der Waals surface area (Å²) in [4.78, 5) is 14.9. The molecule has 2 aromatic carbocycles. The molecule has 0 saturated carbocycles. The Morgan fingerprint density at radius 3 is 2.54 bits per heavy atom. The van der Waals surface area contributed by atoms with Crippen LogP contribution >= 0.6 is 0 Å². The van der Waals surface area contributed by atoms with Gasteiger partial charge in [-0.05, 0) is 43.2 Å². The van der Waals surface area contributed by atoms with Crippen molar-refractivity contribution in [3.63, 3.8) is 0 Å². The van der Waals surface area contributed by atoms with E-state index in [4.69, 9.17) is 0 Å². The van der Waals surface area contributed by atoms with E-state index >= 15 is 0 Å². The van der Waals surface area contributed by atoms with Crippen molar-refractivity contribution in [1.29, 1.82) is 0 Å². The van der Waals surface area contributed by atoms with Crippen LogP contribution in [0.25, 0.3) is 0 Å². The zero-order chi connectivity index (χ0) is 17.5. The van der Waals surface area contributed by atoms with Crippen LogP contribution in [0, 0.1) is 0 Å². The van der Waals surface area contributed by atoms with E-state index < -0.39 is 10.0 Å². The van der Waals surface area contributed by atoms with E-state index in [0.29, 0.717) is 5.56 Å². The number of carbonyl (C=O) groups excluding carboxylic acids is 1. The first kappa shape index (κ1) is 16.7. The van der Waals surface area contributed by atoms with Crippen molar-refractivity contribution in [2.75, 3.05) is 19.0 Å². The monoisotopic (exact) mass is 344 g/mol. The fourth-order valence-electron chi connectivity index (χ4n) is 3.01. The summed E-state index contributed by atoms with van der Waals surface area (Å²) in [7, 11) is -0.618.